The molecule has 0 amide bonds. The number of hydrogen-bond acceptors (Lipinski definition) is 3. The van der Waals surface area contributed by atoms with E-state index in [1.165, 1.54) is 0 Å². The summed E-state index contributed by atoms with van der Waals surface area (Å²) in [6, 6.07) is 6.48. The van der Waals surface area contributed by atoms with E-state index in [-0.39, 0.29) is 11.8 Å². The minimum atomic E-state index is -3.24. The molecule has 1 atom stereocenters. The van der Waals surface area contributed by atoms with Crippen molar-refractivity contribution >= 4 is 21.4 Å². The molecule has 1 fully saturated rings. The second-order valence-electron chi connectivity index (χ2n) is 5.80. The van der Waals surface area contributed by atoms with Crippen LogP contribution < -0.4 is 0 Å². The van der Waals surface area contributed by atoms with E-state index < -0.39 is 9.84 Å². The van der Waals surface area contributed by atoms with Crippen molar-refractivity contribution < 1.29 is 8.42 Å². The lowest BCUT2D eigenvalue weighted by Gasteiger charge is -2.34. The summed E-state index contributed by atoms with van der Waals surface area (Å²) < 4.78 is 24.8. The average molecular weight is 316 g/mol. The minimum absolute atomic E-state index is 0.0585. The third-order valence-electron chi connectivity index (χ3n) is 4.07. The van der Waals surface area contributed by atoms with Gasteiger partial charge in [0, 0.05) is 11.1 Å². The Hall–Kier alpha value is -0.580. The van der Waals surface area contributed by atoms with Gasteiger partial charge in [-0.1, -0.05) is 18.5 Å². The number of sulfone groups is 1. The van der Waals surface area contributed by atoms with Crippen molar-refractivity contribution in [1.29, 1.82) is 0 Å². The fraction of sp³-hybridized carbons (Fsp3) is 0.600. The Morgan fingerprint density at radius 1 is 1.25 bits per heavy atom. The highest BCUT2D eigenvalue weighted by Gasteiger charge is 2.25. The van der Waals surface area contributed by atoms with Crippen LogP contribution >= 0.6 is 11.6 Å². The van der Waals surface area contributed by atoms with Crippen LogP contribution in [-0.4, -0.2) is 38.2 Å². The number of benzene rings is 1. The van der Waals surface area contributed by atoms with Gasteiger partial charge >= 0.3 is 0 Å². The minimum Gasteiger partial charge on any atom is -0.300 e. The summed E-state index contributed by atoms with van der Waals surface area (Å²) >= 11 is 5.80. The van der Waals surface area contributed by atoms with Crippen molar-refractivity contribution in [2.24, 2.45) is 5.92 Å². The SMILES string of the molecule is CC1CCN(C(C)CS(=O)(=O)c2ccc(Cl)cc2)CC1. The van der Waals surface area contributed by atoms with Gasteiger partial charge in [-0.15, -0.1) is 0 Å². The van der Waals surface area contributed by atoms with Crippen LogP contribution in [0.3, 0.4) is 0 Å². The number of rotatable bonds is 4. The average Bonchev–Trinajstić information content (AvgIpc) is 2.39. The normalized spacial score (nSPS) is 19.9. The van der Waals surface area contributed by atoms with Crippen molar-refractivity contribution in [3.63, 3.8) is 0 Å². The monoisotopic (exact) mass is 315 g/mol. The topological polar surface area (TPSA) is 37.4 Å². The van der Waals surface area contributed by atoms with E-state index in [0.717, 1.165) is 31.8 Å². The highest BCUT2D eigenvalue weighted by atomic mass is 35.5. The van der Waals surface area contributed by atoms with Gasteiger partial charge in [-0.25, -0.2) is 8.42 Å². The lowest BCUT2D eigenvalue weighted by Crippen LogP contribution is -2.42. The molecule has 1 saturated heterocycles. The zero-order chi connectivity index (χ0) is 14.8. The Kier molecular flexibility index (Phi) is 5.10. The summed E-state index contributed by atoms with van der Waals surface area (Å²) in [5.74, 6) is 0.926. The molecule has 112 valence electrons. The molecular formula is C15H22ClNO2S. The van der Waals surface area contributed by atoms with Crippen molar-refractivity contribution in [3.05, 3.63) is 29.3 Å². The zero-order valence-electron chi connectivity index (χ0n) is 12.0. The second-order valence-corrected chi connectivity index (χ2v) is 8.27. The van der Waals surface area contributed by atoms with E-state index in [1.54, 1.807) is 24.3 Å². The summed E-state index contributed by atoms with van der Waals surface area (Å²) in [7, 11) is -3.24. The van der Waals surface area contributed by atoms with Gasteiger partial charge in [0.1, 0.15) is 0 Å². The fourth-order valence-electron chi connectivity index (χ4n) is 2.63. The third kappa shape index (κ3) is 3.96. The second kappa shape index (κ2) is 6.46. The molecule has 1 heterocycles. The first kappa shape index (κ1) is 15.8. The predicted octanol–water partition coefficient (Wildman–Crippen LogP) is 3.23. The number of nitrogens with zero attached hydrogens (tertiary/aromatic N) is 1. The van der Waals surface area contributed by atoms with Crippen LogP contribution in [0.2, 0.25) is 5.02 Å². The Morgan fingerprint density at radius 3 is 2.35 bits per heavy atom. The van der Waals surface area contributed by atoms with Crippen molar-refractivity contribution in [2.75, 3.05) is 18.8 Å². The van der Waals surface area contributed by atoms with Gasteiger partial charge in [0.05, 0.1) is 10.6 Å². The van der Waals surface area contributed by atoms with Crippen molar-refractivity contribution in [2.45, 2.75) is 37.6 Å². The van der Waals surface area contributed by atoms with Gasteiger partial charge in [-0.2, -0.15) is 0 Å². The zero-order valence-corrected chi connectivity index (χ0v) is 13.6. The molecular weight excluding hydrogens is 294 g/mol. The maximum atomic E-state index is 12.4. The van der Waals surface area contributed by atoms with E-state index >= 15 is 0 Å². The first-order chi connectivity index (χ1) is 9.38. The van der Waals surface area contributed by atoms with E-state index in [1.807, 2.05) is 6.92 Å². The molecule has 1 aromatic carbocycles. The maximum Gasteiger partial charge on any atom is 0.179 e. The number of halogens is 1. The lowest BCUT2D eigenvalue weighted by atomic mass is 9.98. The van der Waals surface area contributed by atoms with Gasteiger partial charge in [0.2, 0.25) is 0 Å². The largest absolute Gasteiger partial charge is 0.300 e. The van der Waals surface area contributed by atoms with Gasteiger partial charge in [-0.3, -0.25) is 4.90 Å². The summed E-state index contributed by atoms with van der Waals surface area (Å²) in [5, 5.41) is 0.557. The Bertz CT molecular complexity index is 533. The smallest absolute Gasteiger partial charge is 0.179 e. The molecule has 2 rings (SSSR count). The molecule has 0 N–H and O–H groups in total. The molecule has 3 nitrogen and oxygen atoms in total. The molecule has 0 aliphatic carbocycles. The van der Waals surface area contributed by atoms with E-state index in [0.29, 0.717) is 9.92 Å². The number of hydrogen-bond donors (Lipinski definition) is 0. The molecule has 0 spiro atoms. The third-order valence-corrected chi connectivity index (χ3v) is 6.24. The number of piperidine rings is 1. The first-order valence-corrected chi connectivity index (χ1v) is 9.14. The highest BCUT2D eigenvalue weighted by molar-refractivity contribution is 7.91. The molecule has 0 bridgehead atoms. The molecule has 1 aliphatic heterocycles. The van der Waals surface area contributed by atoms with Gasteiger partial charge in [-0.05, 0) is 63.0 Å². The van der Waals surface area contributed by atoms with E-state index in [2.05, 4.69) is 11.8 Å². The number of likely N-dealkylation sites (tertiary alicyclic amines) is 1. The molecule has 0 saturated carbocycles. The Balaban J connectivity index is 2.02. The van der Waals surface area contributed by atoms with Gasteiger partial charge < -0.3 is 0 Å². The highest BCUT2D eigenvalue weighted by Crippen LogP contribution is 2.21. The van der Waals surface area contributed by atoms with Crippen LogP contribution in [0.15, 0.2) is 29.2 Å². The van der Waals surface area contributed by atoms with Crippen LogP contribution in [0.25, 0.3) is 0 Å². The Morgan fingerprint density at radius 2 is 1.80 bits per heavy atom. The van der Waals surface area contributed by atoms with Crippen LogP contribution in [0, 0.1) is 5.92 Å². The molecule has 1 aliphatic rings. The van der Waals surface area contributed by atoms with E-state index in [9.17, 15) is 8.42 Å². The maximum absolute atomic E-state index is 12.4. The molecule has 1 aromatic rings. The van der Waals surface area contributed by atoms with Crippen LogP contribution in [0.4, 0.5) is 0 Å². The van der Waals surface area contributed by atoms with Crippen LogP contribution in [0.5, 0.6) is 0 Å². The molecule has 20 heavy (non-hydrogen) atoms. The summed E-state index contributed by atoms with van der Waals surface area (Å²) in [4.78, 5) is 2.65. The van der Waals surface area contributed by atoms with Crippen molar-refractivity contribution in [1.82, 2.24) is 4.90 Å². The van der Waals surface area contributed by atoms with E-state index in [4.69, 9.17) is 11.6 Å². The molecule has 0 aromatic heterocycles. The predicted molar refractivity (Wildman–Crippen MR) is 82.9 cm³/mol. The molecule has 1 unspecified atom stereocenters. The fourth-order valence-corrected chi connectivity index (χ4v) is 4.35. The van der Waals surface area contributed by atoms with Crippen LogP contribution in [-0.2, 0) is 9.84 Å². The van der Waals surface area contributed by atoms with Gasteiger partial charge in [0.15, 0.2) is 9.84 Å². The summed E-state index contributed by atoms with van der Waals surface area (Å²) in [6.07, 6.45) is 2.32. The molecule has 5 heteroatoms. The lowest BCUT2D eigenvalue weighted by molar-refractivity contribution is 0.157. The first-order valence-electron chi connectivity index (χ1n) is 7.11. The molecule has 0 radical (unpaired) electrons. The standard InChI is InChI=1S/C15H22ClNO2S/c1-12-7-9-17(10-8-12)13(2)11-20(18,19)15-5-3-14(16)4-6-15/h3-6,12-13H,7-11H2,1-2H3. The quantitative estimate of drug-likeness (QED) is 0.856. The summed E-state index contributed by atoms with van der Waals surface area (Å²) in [5.41, 5.74) is 0. The van der Waals surface area contributed by atoms with Crippen molar-refractivity contribution in [3.8, 4) is 0 Å². The Labute approximate surface area is 126 Å². The van der Waals surface area contributed by atoms with Crippen LogP contribution in [0.1, 0.15) is 26.7 Å². The summed E-state index contributed by atoms with van der Waals surface area (Å²) in [6.45, 7) is 6.26. The van der Waals surface area contributed by atoms with Gasteiger partial charge in [0.25, 0.3) is 0 Å².